The van der Waals surface area contributed by atoms with Crippen LogP contribution in [-0.4, -0.2) is 28.4 Å². The second kappa shape index (κ2) is 5.87. The SMILES string of the molecule is CSC1CCCC1NC(=O)c1cccnc1Br. The molecule has 3 nitrogen and oxygen atoms in total. The van der Waals surface area contributed by atoms with Crippen molar-refractivity contribution in [3.63, 3.8) is 0 Å². The summed E-state index contributed by atoms with van der Waals surface area (Å²) >= 11 is 5.14. The minimum absolute atomic E-state index is 0.0316. The molecule has 1 aliphatic rings. The maximum Gasteiger partial charge on any atom is 0.254 e. The molecule has 1 saturated carbocycles. The highest BCUT2D eigenvalue weighted by atomic mass is 79.9. The van der Waals surface area contributed by atoms with E-state index < -0.39 is 0 Å². The lowest BCUT2D eigenvalue weighted by Crippen LogP contribution is -2.38. The number of pyridine rings is 1. The summed E-state index contributed by atoms with van der Waals surface area (Å²) in [6.07, 6.45) is 7.25. The summed E-state index contributed by atoms with van der Waals surface area (Å²) in [5, 5.41) is 3.66. The van der Waals surface area contributed by atoms with Gasteiger partial charge in [0.1, 0.15) is 4.60 Å². The van der Waals surface area contributed by atoms with Gasteiger partial charge in [-0.05, 0) is 47.2 Å². The monoisotopic (exact) mass is 314 g/mol. The van der Waals surface area contributed by atoms with Gasteiger partial charge in [-0.25, -0.2) is 4.98 Å². The Labute approximate surface area is 114 Å². The van der Waals surface area contributed by atoms with E-state index in [0.717, 1.165) is 6.42 Å². The molecule has 1 aromatic heterocycles. The summed E-state index contributed by atoms with van der Waals surface area (Å²) < 4.78 is 0.608. The number of nitrogens with one attached hydrogen (secondary N) is 1. The number of carbonyl (C=O) groups is 1. The summed E-state index contributed by atoms with van der Waals surface area (Å²) in [6.45, 7) is 0. The number of nitrogens with zero attached hydrogens (tertiary/aromatic N) is 1. The van der Waals surface area contributed by atoms with Crippen LogP contribution in [0.3, 0.4) is 0 Å². The van der Waals surface area contributed by atoms with E-state index in [9.17, 15) is 4.79 Å². The molecule has 0 radical (unpaired) electrons. The molecule has 1 heterocycles. The lowest BCUT2D eigenvalue weighted by atomic mass is 10.2. The predicted molar refractivity (Wildman–Crippen MR) is 74.3 cm³/mol. The zero-order valence-corrected chi connectivity index (χ0v) is 12.1. The van der Waals surface area contributed by atoms with Crippen LogP contribution in [0.15, 0.2) is 22.9 Å². The van der Waals surface area contributed by atoms with E-state index in [1.54, 1.807) is 18.3 Å². The number of amides is 1. The molecular weight excluding hydrogens is 300 g/mol. The number of aromatic nitrogens is 1. The fourth-order valence-electron chi connectivity index (χ4n) is 2.17. The molecule has 0 saturated heterocycles. The molecule has 2 unspecified atom stereocenters. The normalized spacial score (nSPS) is 23.6. The Morgan fingerprint density at radius 1 is 1.59 bits per heavy atom. The van der Waals surface area contributed by atoms with E-state index in [2.05, 4.69) is 32.5 Å². The Hall–Kier alpha value is -0.550. The third-order valence-corrected chi connectivity index (χ3v) is 4.88. The molecule has 2 rings (SSSR count). The van der Waals surface area contributed by atoms with Crippen LogP contribution in [0.5, 0.6) is 0 Å². The van der Waals surface area contributed by atoms with Crippen LogP contribution in [0.2, 0.25) is 0 Å². The number of thioether (sulfide) groups is 1. The summed E-state index contributed by atoms with van der Waals surface area (Å²) in [5.74, 6) is -0.0316. The summed E-state index contributed by atoms with van der Waals surface area (Å²) in [6, 6.07) is 3.86. The molecule has 0 aliphatic heterocycles. The van der Waals surface area contributed by atoms with Crippen molar-refractivity contribution < 1.29 is 4.79 Å². The lowest BCUT2D eigenvalue weighted by molar-refractivity contribution is 0.0937. The Kier molecular flexibility index (Phi) is 4.45. The van der Waals surface area contributed by atoms with Crippen molar-refractivity contribution in [2.24, 2.45) is 0 Å². The minimum atomic E-state index is -0.0316. The van der Waals surface area contributed by atoms with Gasteiger partial charge in [-0.2, -0.15) is 11.8 Å². The fourth-order valence-corrected chi connectivity index (χ4v) is 3.54. The second-order valence-electron chi connectivity index (χ2n) is 4.13. The van der Waals surface area contributed by atoms with Crippen molar-refractivity contribution in [2.45, 2.75) is 30.6 Å². The number of carbonyl (C=O) groups excluding carboxylic acids is 1. The van der Waals surface area contributed by atoms with Gasteiger partial charge in [0.15, 0.2) is 0 Å². The maximum absolute atomic E-state index is 12.1. The van der Waals surface area contributed by atoms with Gasteiger partial charge in [-0.15, -0.1) is 0 Å². The van der Waals surface area contributed by atoms with Crippen molar-refractivity contribution >= 4 is 33.6 Å². The molecule has 92 valence electrons. The smallest absolute Gasteiger partial charge is 0.254 e. The average molecular weight is 315 g/mol. The predicted octanol–water partition coefficient (Wildman–Crippen LogP) is 2.86. The first-order chi connectivity index (χ1) is 8.22. The zero-order valence-electron chi connectivity index (χ0n) is 9.65. The van der Waals surface area contributed by atoms with Crippen LogP contribution in [0.25, 0.3) is 0 Å². The van der Waals surface area contributed by atoms with Crippen LogP contribution in [0.4, 0.5) is 0 Å². The van der Waals surface area contributed by atoms with Crippen LogP contribution in [0.1, 0.15) is 29.6 Å². The zero-order chi connectivity index (χ0) is 12.3. The van der Waals surface area contributed by atoms with Crippen molar-refractivity contribution in [3.8, 4) is 0 Å². The van der Waals surface area contributed by atoms with E-state index in [1.165, 1.54) is 12.8 Å². The lowest BCUT2D eigenvalue weighted by Gasteiger charge is -2.19. The fraction of sp³-hybridized carbons (Fsp3) is 0.500. The highest BCUT2D eigenvalue weighted by molar-refractivity contribution is 9.10. The van der Waals surface area contributed by atoms with Gasteiger partial charge >= 0.3 is 0 Å². The summed E-state index contributed by atoms with van der Waals surface area (Å²) in [4.78, 5) is 16.2. The molecule has 0 spiro atoms. The summed E-state index contributed by atoms with van der Waals surface area (Å²) in [5.41, 5.74) is 0.610. The minimum Gasteiger partial charge on any atom is -0.348 e. The van der Waals surface area contributed by atoms with E-state index in [1.807, 2.05) is 11.8 Å². The van der Waals surface area contributed by atoms with Gasteiger partial charge in [0, 0.05) is 17.5 Å². The van der Waals surface area contributed by atoms with E-state index in [4.69, 9.17) is 0 Å². The maximum atomic E-state index is 12.1. The quantitative estimate of drug-likeness (QED) is 0.872. The molecule has 1 aromatic rings. The van der Waals surface area contributed by atoms with E-state index >= 15 is 0 Å². The molecule has 1 N–H and O–H groups in total. The highest BCUT2D eigenvalue weighted by Gasteiger charge is 2.28. The largest absolute Gasteiger partial charge is 0.348 e. The van der Waals surface area contributed by atoms with Gasteiger partial charge < -0.3 is 5.32 Å². The van der Waals surface area contributed by atoms with Crippen molar-refractivity contribution in [3.05, 3.63) is 28.5 Å². The van der Waals surface area contributed by atoms with Crippen molar-refractivity contribution in [2.75, 3.05) is 6.26 Å². The Balaban J connectivity index is 2.04. The number of hydrogen-bond donors (Lipinski definition) is 1. The topological polar surface area (TPSA) is 42.0 Å². The first kappa shape index (κ1) is 12.9. The van der Waals surface area contributed by atoms with E-state index in [0.29, 0.717) is 21.5 Å². The van der Waals surface area contributed by atoms with E-state index in [-0.39, 0.29) is 5.91 Å². The van der Waals surface area contributed by atoms with Gasteiger partial charge in [-0.3, -0.25) is 4.79 Å². The average Bonchev–Trinajstić information content (AvgIpc) is 2.76. The summed E-state index contributed by atoms with van der Waals surface area (Å²) in [7, 11) is 0. The van der Waals surface area contributed by atoms with Crippen molar-refractivity contribution in [1.29, 1.82) is 0 Å². The first-order valence-electron chi connectivity index (χ1n) is 5.66. The molecule has 1 amide bonds. The first-order valence-corrected chi connectivity index (χ1v) is 7.74. The Bertz CT molecular complexity index is 413. The number of hydrogen-bond acceptors (Lipinski definition) is 3. The number of halogens is 1. The second-order valence-corrected chi connectivity index (χ2v) is 5.95. The highest BCUT2D eigenvalue weighted by Crippen LogP contribution is 2.28. The molecule has 2 atom stereocenters. The molecule has 1 aliphatic carbocycles. The Morgan fingerprint density at radius 3 is 3.12 bits per heavy atom. The van der Waals surface area contributed by atoms with Gasteiger partial charge in [0.25, 0.3) is 5.91 Å². The molecular formula is C12H15BrN2OS. The van der Waals surface area contributed by atoms with Gasteiger partial charge in [0.05, 0.1) is 5.56 Å². The van der Waals surface area contributed by atoms with Crippen LogP contribution < -0.4 is 5.32 Å². The van der Waals surface area contributed by atoms with Gasteiger partial charge in [-0.1, -0.05) is 6.42 Å². The molecule has 1 fully saturated rings. The molecule has 5 heteroatoms. The molecule has 0 bridgehead atoms. The third kappa shape index (κ3) is 3.01. The Morgan fingerprint density at radius 2 is 2.41 bits per heavy atom. The van der Waals surface area contributed by atoms with Crippen LogP contribution in [0, 0.1) is 0 Å². The molecule has 0 aromatic carbocycles. The van der Waals surface area contributed by atoms with Crippen molar-refractivity contribution in [1.82, 2.24) is 10.3 Å². The third-order valence-electron chi connectivity index (χ3n) is 3.08. The molecule has 17 heavy (non-hydrogen) atoms. The number of rotatable bonds is 3. The standard InChI is InChI=1S/C12H15BrN2OS/c1-17-10-6-2-5-9(10)15-12(16)8-4-3-7-14-11(8)13/h3-4,7,9-10H,2,5-6H2,1H3,(H,15,16). The van der Waals surface area contributed by atoms with Gasteiger partial charge in [0.2, 0.25) is 0 Å². The van der Waals surface area contributed by atoms with Crippen LogP contribution >= 0.6 is 27.7 Å². The van der Waals surface area contributed by atoms with Crippen LogP contribution in [-0.2, 0) is 0 Å².